The summed E-state index contributed by atoms with van der Waals surface area (Å²) in [6.07, 6.45) is -16.9. The molecule has 0 aliphatic carbocycles. The summed E-state index contributed by atoms with van der Waals surface area (Å²) in [7, 11) is 0. The van der Waals surface area contributed by atoms with E-state index in [2.05, 4.69) is 0 Å². The minimum absolute atomic E-state index is 0.0338. The second-order valence-electron chi connectivity index (χ2n) is 5.70. The van der Waals surface area contributed by atoms with E-state index in [9.17, 15) is 49.0 Å². The van der Waals surface area contributed by atoms with Crippen molar-refractivity contribution in [3.8, 4) is 0 Å². The molecule has 26 heavy (non-hydrogen) atoms. The molecule has 0 bridgehead atoms. The number of rotatable bonds is 7. The highest BCUT2D eigenvalue weighted by Crippen LogP contribution is 2.56. The fourth-order valence-electron chi connectivity index (χ4n) is 2.33. The fourth-order valence-corrected chi connectivity index (χ4v) is 2.33. The van der Waals surface area contributed by atoms with Crippen molar-refractivity contribution in [3.63, 3.8) is 0 Å². The predicted molar refractivity (Wildman–Crippen MR) is 71.0 cm³/mol. The minimum Gasteiger partial charge on any atom is -0.378 e. The Morgan fingerprint density at radius 3 is 1.46 bits per heavy atom. The van der Waals surface area contributed by atoms with Crippen molar-refractivity contribution in [1.29, 1.82) is 0 Å². The molecule has 1 nitrogen and oxygen atoms in total. The molecule has 150 valence electrons. The van der Waals surface area contributed by atoms with Crippen molar-refractivity contribution in [2.24, 2.45) is 0 Å². The number of aliphatic hydroxyl groups is 1. The molecule has 1 aromatic carbocycles. The molecular formula is C15H14F10O. The van der Waals surface area contributed by atoms with Gasteiger partial charge in [-0.3, -0.25) is 0 Å². The van der Waals surface area contributed by atoms with E-state index >= 15 is 0 Å². The summed E-state index contributed by atoms with van der Waals surface area (Å²) < 4.78 is 128. The summed E-state index contributed by atoms with van der Waals surface area (Å²) >= 11 is 0. The van der Waals surface area contributed by atoms with Crippen LogP contribution in [-0.4, -0.2) is 34.9 Å². The summed E-state index contributed by atoms with van der Waals surface area (Å²) in [5.74, 6) is -13.3. The van der Waals surface area contributed by atoms with Crippen LogP contribution in [0.4, 0.5) is 43.9 Å². The number of hydrogen-bond donors (Lipinski definition) is 1. The second-order valence-corrected chi connectivity index (χ2v) is 5.70. The van der Waals surface area contributed by atoms with Crippen molar-refractivity contribution in [2.45, 2.75) is 55.5 Å². The highest BCUT2D eigenvalue weighted by molar-refractivity contribution is 5.15. The van der Waals surface area contributed by atoms with Gasteiger partial charge in [-0.2, -0.15) is 43.9 Å². The first-order valence-electron chi connectivity index (χ1n) is 7.23. The first kappa shape index (κ1) is 22.5. The van der Waals surface area contributed by atoms with Gasteiger partial charge in [0.05, 0.1) is 0 Å². The maximum absolute atomic E-state index is 13.4. The van der Waals surface area contributed by atoms with E-state index in [0.29, 0.717) is 5.56 Å². The van der Waals surface area contributed by atoms with Crippen molar-refractivity contribution in [3.05, 3.63) is 35.9 Å². The summed E-state index contributed by atoms with van der Waals surface area (Å²) in [6, 6.07) is 7.85. The number of unbranched alkanes of at least 4 members (excludes halogenated alkanes) is 1. The zero-order valence-corrected chi connectivity index (χ0v) is 12.9. The van der Waals surface area contributed by atoms with Gasteiger partial charge in [-0.1, -0.05) is 30.3 Å². The summed E-state index contributed by atoms with van der Waals surface area (Å²) in [5, 5.41) is 9.30. The molecule has 0 spiro atoms. The maximum atomic E-state index is 13.4. The summed E-state index contributed by atoms with van der Waals surface area (Å²) in [5.41, 5.74) is -5.09. The molecule has 0 unspecified atom stereocenters. The van der Waals surface area contributed by atoms with Crippen LogP contribution in [0.1, 0.15) is 24.8 Å². The average molecular weight is 400 g/mol. The molecule has 0 aliphatic heterocycles. The van der Waals surface area contributed by atoms with Crippen LogP contribution in [0.3, 0.4) is 0 Å². The number of hydrogen-bond acceptors (Lipinski definition) is 1. The molecule has 0 saturated carbocycles. The topological polar surface area (TPSA) is 20.2 Å². The van der Waals surface area contributed by atoms with Gasteiger partial charge in [-0.15, -0.1) is 0 Å². The van der Waals surface area contributed by atoms with Crippen molar-refractivity contribution in [2.75, 3.05) is 0 Å². The van der Waals surface area contributed by atoms with Gasteiger partial charge in [0.15, 0.2) is 0 Å². The number of aryl methyl sites for hydroxylation is 1. The smallest absolute Gasteiger partial charge is 0.378 e. The van der Waals surface area contributed by atoms with Gasteiger partial charge in [-0.25, -0.2) is 0 Å². The molecule has 0 amide bonds. The van der Waals surface area contributed by atoms with Gasteiger partial charge in [0, 0.05) is 0 Å². The largest absolute Gasteiger partial charge is 0.456 e. The number of benzene rings is 1. The quantitative estimate of drug-likeness (QED) is 0.472. The Balaban J connectivity index is 3.06. The first-order chi connectivity index (χ1) is 11.6. The van der Waals surface area contributed by atoms with Gasteiger partial charge in [0.1, 0.15) is 0 Å². The molecule has 1 rings (SSSR count). The minimum atomic E-state index is -6.80. The third-order valence-corrected chi connectivity index (χ3v) is 3.85. The molecule has 0 aliphatic rings. The van der Waals surface area contributed by atoms with E-state index in [0.717, 1.165) is 0 Å². The van der Waals surface area contributed by atoms with Crippen LogP contribution in [0.5, 0.6) is 0 Å². The number of halogens is 10. The molecule has 0 aromatic heterocycles. The Labute approximate surface area is 141 Å². The second kappa shape index (κ2) is 7.24. The summed E-state index contributed by atoms with van der Waals surface area (Å²) in [4.78, 5) is 0. The van der Waals surface area contributed by atoms with E-state index < -0.39 is 42.6 Å². The molecular weight excluding hydrogens is 386 g/mol. The van der Waals surface area contributed by atoms with Crippen LogP contribution in [0.25, 0.3) is 0 Å². The lowest BCUT2D eigenvalue weighted by Crippen LogP contribution is -2.70. The first-order valence-corrected chi connectivity index (χ1v) is 7.23. The molecule has 0 atom stereocenters. The van der Waals surface area contributed by atoms with Crippen molar-refractivity contribution < 1.29 is 49.0 Å². The van der Waals surface area contributed by atoms with Crippen molar-refractivity contribution in [1.82, 2.24) is 0 Å². The Kier molecular flexibility index (Phi) is 6.27. The van der Waals surface area contributed by atoms with Crippen LogP contribution in [0.15, 0.2) is 30.3 Å². The number of alkyl halides is 10. The third-order valence-electron chi connectivity index (χ3n) is 3.85. The molecule has 0 radical (unpaired) electrons. The van der Waals surface area contributed by atoms with Crippen molar-refractivity contribution >= 4 is 0 Å². The maximum Gasteiger partial charge on any atom is 0.456 e. The average Bonchev–Trinajstić information content (AvgIpc) is 2.49. The van der Waals surface area contributed by atoms with Crippen LogP contribution in [0, 0.1) is 0 Å². The van der Waals surface area contributed by atoms with Gasteiger partial charge in [0.25, 0.3) is 0 Å². The summed E-state index contributed by atoms with van der Waals surface area (Å²) in [6.45, 7) is 0. The zero-order valence-electron chi connectivity index (χ0n) is 12.9. The van der Waals surface area contributed by atoms with E-state index in [1.54, 1.807) is 30.3 Å². The normalized spacial score (nSPS) is 14.6. The molecule has 1 aromatic rings. The van der Waals surface area contributed by atoms with Crippen LogP contribution < -0.4 is 0 Å². The van der Waals surface area contributed by atoms with Gasteiger partial charge in [0.2, 0.25) is 5.60 Å². The molecule has 0 heterocycles. The predicted octanol–water partition coefficient (Wildman–Crippen LogP) is 5.53. The van der Waals surface area contributed by atoms with Gasteiger partial charge >= 0.3 is 24.2 Å². The molecule has 11 heteroatoms. The lowest BCUT2D eigenvalue weighted by molar-refractivity contribution is -0.424. The Hall–Kier alpha value is -1.52. The molecule has 0 saturated heterocycles. The van der Waals surface area contributed by atoms with Crippen LogP contribution in [-0.2, 0) is 6.42 Å². The zero-order chi connectivity index (χ0) is 20.4. The Morgan fingerprint density at radius 1 is 0.654 bits per heavy atom. The highest BCUT2D eigenvalue weighted by Gasteiger charge is 2.84. The third kappa shape index (κ3) is 4.07. The fraction of sp³-hybridized carbons (Fsp3) is 0.600. The van der Waals surface area contributed by atoms with E-state index in [1.165, 1.54) is 0 Å². The lowest BCUT2D eigenvalue weighted by Gasteiger charge is -2.42. The molecule has 1 N–H and O–H groups in total. The van der Waals surface area contributed by atoms with Gasteiger partial charge in [-0.05, 0) is 31.2 Å². The SMILES string of the molecule is OC(CCCCc1ccccc1)(C(F)(F)C(F)(F)F)C(F)(F)C(F)(F)F. The monoisotopic (exact) mass is 400 g/mol. The Morgan fingerprint density at radius 2 is 1.08 bits per heavy atom. The van der Waals surface area contributed by atoms with Gasteiger partial charge < -0.3 is 5.11 Å². The van der Waals surface area contributed by atoms with E-state index in [4.69, 9.17) is 0 Å². The van der Waals surface area contributed by atoms with E-state index in [-0.39, 0.29) is 12.8 Å². The van der Waals surface area contributed by atoms with Crippen LogP contribution in [0.2, 0.25) is 0 Å². The molecule has 0 fully saturated rings. The van der Waals surface area contributed by atoms with Crippen LogP contribution >= 0.6 is 0 Å². The highest BCUT2D eigenvalue weighted by atomic mass is 19.4. The van der Waals surface area contributed by atoms with E-state index in [1.807, 2.05) is 0 Å². The lowest BCUT2D eigenvalue weighted by atomic mass is 9.82. The standard InChI is InChI=1S/C15H14F10O/c16-12(17,14(20,21)22)11(26,13(18,19)15(23,24)25)9-5-4-8-10-6-2-1-3-7-10/h1-3,6-7,26H,4-5,8-9H2. The Bertz CT molecular complexity index is 550.